The monoisotopic (exact) mass is 279 g/mol. The number of Topliss-reactive ketones (excluding diaryl/α,β-unsaturated/α-hetero) is 1. The fourth-order valence-electron chi connectivity index (χ4n) is 1.48. The molecule has 1 aromatic rings. The highest BCUT2D eigenvalue weighted by molar-refractivity contribution is 6.32. The van der Waals surface area contributed by atoms with Gasteiger partial charge < -0.3 is 15.2 Å². The van der Waals surface area contributed by atoms with E-state index in [9.17, 15) is 14.4 Å². The summed E-state index contributed by atoms with van der Waals surface area (Å²) in [6.45, 7) is 0.546. The minimum Gasteiger partial charge on any atom is -0.476 e. The van der Waals surface area contributed by atoms with Gasteiger partial charge in [0, 0.05) is 13.0 Å². The Balaban J connectivity index is 2.06. The molecule has 0 atom stereocenters. The Morgan fingerprint density at radius 3 is 2.45 bits per heavy atom. The van der Waals surface area contributed by atoms with Gasteiger partial charge >= 0.3 is 12.1 Å². The average molecular weight is 279 g/mol. The Kier molecular flexibility index (Phi) is 6.81. The molecule has 0 fully saturated rings. The van der Waals surface area contributed by atoms with Crippen LogP contribution in [0.5, 0.6) is 0 Å². The molecule has 1 amide bonds. The lowest BCUT2D eigenvalue weighted by molar-refractivity contribution is -0.149. The molecule has 2 N–H and O–H groups in total. The third-order valence-electron chi connectivity index (χ3n) is 2.55. The van der Waals surface area contributed by atoms with E-state index in [-0.39, 0.29) is 13.0 Å². The summed E-state index contributed by atoms with van der Waals surface area (Å²) in [5, 5.41) is 10.9. The van der Waals surface area contributed by atoms with Crippen molar-refractivity contribution >= 4 is 17.8 Å². The zero-order chi connectivity index (χ0) is 14.8. The molecule has 0 radical (unpaired) electrons. The summed E-state index contributed by atoms with van der Waals surface area (Å²) in [4.78, 5) is 32.4. The maximum absolute atomic E-state index is 11.3. The van der Waals surface area contributed by atoms with Gasteiger partial charge in [0.05, 0.1) is 0 Å². The largest absolute Gasteiger partial charge is 0.476 e. The number of carboxylic acid groups (broad SMARTS) is 1. The van der Waals surface area contributed by atoms with Crippen molar-refractivity contribution in [3.05, 3.63) is 35.9 Å². The highest BCUT2D eigenvalue weighted by atomic mass is 16.5. The number of hydrogen-bond acceptors (Lipinski definition) is 4. The summed E-state index contributed by atoms with van der Waals surface area (Å²) in [7, 11) is 0. The van der Waals surface area contributed by atoms with Gasteiger partial charge in [-0.1, -0.05) is 30.3 Å². The van der Waals surface area contributed by atoms with Crippen molar-refractivity contribution in [2.75, 3.05) is 6.54 Å². The van der Waals surface area contributed by atoms with Crippen molar-refractivity contribution in [1.82, 2.24) is 5.32 Å². The zero-order valence-electron chi connectivity index (χ0n) is 11.0. The Hall–Kier alpha value is -2.37. The van der Waals surface area contributed by atoms with Crippen LogP contribution in [-0.2, 0) is 20.9 Å². The molecule has 0 spiro atoms. The quantitative estimate of drug-likeness (QED) is 0.558. The van der Waals surface area contributed by atoms with Crippen molar-refractivity contribution in [1.29, 1.82) is 0 Å². The molecular formula is C14H17NO5. The minimum atomic E-state index is -1.42. The number of ketones is 1. The Bertz CT molecular complexity index is 458. The maximum atomic E-state index is 11.3. The van der Waals surface area contributed by atoms with Gasteiger partial charge in [-0.25, -0.2) is 9.59 Å². The number of hydrogen-bond donors (Lipinski definition) is 2. The Morgan fingerprint density at radius 2 is 1.80 bits per heavy atom. The normalized spacial score (nSPS) is 9.80. The molecule has 0 aliphatic carbocycles. The summed E-state index contributed by atoms with van der Waals surface area (Å²) >= 11 is 0. The third-order valence-corrected chi connectivity index (χ3v) is 2.55. The van der Waals surface area contributed by atoms with E-state index in [1.807, 2.05) is 30.3 Å². The van der Waals surface area contributed by atoms with Crippen molar-refractivity contribution < 1.29 is 24.2 Å². The summed E-state index contributed by atoms with van der Waals surface area (Å²) in [6, 6.07) is 9.30. The van der Waals surface area contributed by atoms with Crippen molar-refractivity contribution in [2.24, 2.45) is 0 Å². The molecule has 1 aromatic carbocycles. The van der Waals surface area contributed by atoms with Crippen LogP contribution in [-0.4, -0.2) is 29.5 Å². The topological polar surface area (TPSA) is 92.7 Å². The van der Waals surface area contributed by atoms with Crippen LogP contribution in [0.15, 0.2) is 30.3 Å². The van der Waals surface area contributed by atoms with E-state index in [1.165, 1.54) is 0 Å². The number of nitrogens with one attached hydrogen (secondary N) is 1. The maximum Gasteiger partial charge on any atom is 0.407 e. The van der Waals surface area contributed by atoms with E-state index >= 15 is 0 Å². The molecule has 0 heterocycles. The number of carboxylic acids is 1. The van der Waals surface area contributed by atoms with Gasteiger partial charge in [-0.3, -0.25) is 4.79 Å². The van der Waals surface area contributed by atoms with Crippen LogP contribution in [0.3, 0.4) is 0 Å². The van der Waals surface area contributed by atoms with E-state index in [2.05, 4.69) is 5.32 Å². The average Bonchev–Trinajstić information content (AvgIpc) is 2.45. The lowest BCUT2D eigenvalue weighted by Crippen LogP contribution is -2.25. The van der Waals surface area contributed by atoms with Crippen LogP contribution in [0.4, 0.5) is 4.79 Å². The highest BCUT2D eigenvalue weighted by Crippen LogP contribution is 2.00. The molecule has 0 unspecified atom stereocenters. The van der Waals surface area contributed by atoms with Crippen LogP contribution >= 0.6 is 0 Å². The molecule has 6 heteroatoms. The number of benzene rings is 1. The van der Waals surface area contributed by atoms with E-state index in [4.69, 9.17) is 9.84 Å². The van der Waals surface area contributed by atoms with Crippen LogP contribution in [0.1, 0.15) is 24.8 Å². The second-order valence-corrected chi connectivity index (χ2v) is 4.17. The number of unbranched alkanes of at least 4 members (excludes halogenated alkanes) is 1. The fourth-order valence-corrected chi connectivity index (χ4v) is 1.48. The number of alkyl carbamates (subject to hydrolysis) is 1. The Labute approximate surface area is 116 Å². The van der Waals surface area contributed by atoms with Gasteiger partial charge in [0.15, 0.2) is 0 Å². The second kappa shape index (κ2) is 8.68. The van der Waals surface area contributed by atoms with Gasteiger partial charge in [-0.15, -0.1) is 0 Å². The lowest BCUT2D eigenvalue weighted by Gasteiger charge is -2.06. The molecule has 0 saturated heterocycles. The first kappa shape index (κ1) is 15.7. The summed E-state index contributed by atoms with van der Waals surface area (Å²) in [5.74, 6) is -2.23. The molecule has 1 rings (SSSR count). The van der Waals surface area contributed by atoms with Gasteiger partial charge in [-0.05, 0) is 18.4 Å². The lowest BCUT2D eigenvalue weighted by atomic mass is 10.2. The van der Waals surface area contributed by atoms with Gasteiger partial charge in [0.1, 0.15) is 6.61 Å². The first-order valence-electron chi connectivity index (χ1n) is 6.30. The van der Waals surface area contributed by atoms with E-state index < -0.39 is 17.8 Å². The Morgan fingerprint density at radius 1 is 1.10 bits per heavy atom. The fraction of sp³-hybridized carbons (Fsp3) is 0.357. The number of amides is 1. The molecule has 0 saturated carbocycles. The number of rotatable bonds is 8. The molecule has 0 bridgehead atoms. The van der Waals surface area contributed by atoms with Crippen molar-refractivity contribution in [3.63, 3.8) is 0 Å². The predicted octanol–water partition coefficient (Wildman–Crippen LogP) is 1.74. The van der Waals surface area contributed by atoms with Crippen LogP contribution in [0, 0.1) is 0 Å². The molecule has 0 aliphatic heterocycles. The van der Waals surface area contributed by atoms with Crippen LogP contribution < -0.4 is 5.32 Å². The van der Waals surface area contributed by atoms with E-state index in [1.54, 1.807) is 0 Å². The number of ether oxygens (including phenoxy) is 1. The predicted molar refractivity (Wildman–Crippen MR) is 71.1 cm³/mol. The zero-order valence-corrected chi connectivity index (χ0v) is 11.0. The molecular weight excluding hydrogens is 262 g/mol. The summed E-state index contributed by atoms with van der Waals surface area (Å²) in [6.07, 6.45) is 0.401. The summed E-state index contributed by atoms with van der Waals surface area (Å²) < 4.78 is 4.98. The number of aliphatic carboxylic acids is 1. The van der Waals surface area contributed by atoms with Crippen LogP contribution in [0.25, 0.3) is 0 Å². The number of carbonyl (C=O) groups is 3. The molecule has 0 aromatic heterocycles. The summed E-state index contributed by atoms with van der Waals surface area (Å²) in [5.41, 5.74) is 0.898. The molecule has 108 valence electrons. The van der Waals surface area contributed by atoms with E-state index in [0.717, 1.165) is 5.56 Å². The highest BCUT2D eigenvalue weighted by Gasteiger charge is 2.10. The standard InChI is InChI=1S/C14H17NO5/c16-12(13(17)18)8-4-5-9-15-14(19)20-10-11-6-2-1-3-7-11/h1-3,6-7H,4-5,8-10H2,(H,15,19)(H,17,18). The smallest absolute Gasteiger partial charge is 0.407 e. The minimum absolute atomic E-state index is 0.0178. The van der Waals surface area contributed by atoms with Crippen molar-refractivity contribution in [3.8, 4) is 0 Å². The van der Waals surface area contributed by atoms with Crippen molar-refractivity contribution in [2.45, 2.75) is 25.9 Å². The van der Waals surface area contributed by atoms with Crippen LogP contribution in [0.2, 0.25) is 0 Å². The van der Waals surface area contributed by atoms with E-state index in [0.29, 0.717) is 19.4 Å². The molecule has 0 aliphatic rings. The van der Waals surface area contributed by atoms with Gasteiger partial charge in [0.25, 0.3) is 0 Å². The SMILES string of the molecule is O=C(NCCCCC(=O)C(=O)O)OCc1ccccc1. The van der Waals surface area contributed by atoms with Gasteiger partial charge in [-0.2, -0.15) is 0 Å². The number of carbonyl (C=O) groups excluding carboxylic acids is 2. The van der Waals surface area contributed by atoms with Gasteiger partial charge in [0.2, 0.25) is 5.78 Å². The third kappa shape index (κ3) is 6.53. The second-order valence-electron chi connectivity index (χ2n) is 4.17. The first-order valence-corrected chi connectivity index (χ1v) is 6.30. The molecule has 6 nitrogen and oxygen atoms in total. The first-order chi connectivity index (χ1) is 9.59. The molecule has 20 heavy (non-hydrogen) atoms.